The van der Waals surface area contributed by atoms with Crippen LogP contribution in [0.15, 0.2) is 47.6 Å². The van der Waals surface area contributed by atoms with Gasteiger partial charge in [-0.2, -0.15) is 5.10 Å². The van der Waals surface area contributed by atoms with E-state index in [1.165, 1.54) is 13.1 Å². The fourth-order valence-electron chi connectivity index (χ4n) is 1.95. The predicted octanol–water partition coefficient (Wildman–Crippen LogP) is 3.10. The van der Waals surface area contributed by atoms with E-state index >= 15 is 0 Å². The van der Waals surface area contributed by atoms with E-state index in [9.17, 15) is 9.59 Å². The van der Waals surface area contributed by atoms with Crippen molar-refractivity contribution in [1.82, 2.24) is 5.43 Å². The number of amides is 1. The Labute approximate surface area is 150 Å². The van der Waals surface area contributed by atoms with Crippen LogP contribution in [0.1, 0.15) is 18.1 Å². The standard InChI is InChI=1S/C18H17ClN2O4/c1-12-8-15(19)6-7-17(12)24-11-18(23)21-20-10-14-4-3-5-16(9-14)25-13(2)22/h3-10H,11H2,1-2H3,(H,21,23). The summed E-state index contributed by atoms with van der Waals surface area (Å²) in [6, 6.07) is 11.9. The van der Waals surface area contributed by atoms with E-state index < -0.39 is 11.9 Å². The molecule has 0 aromatic heterocycles. The van der Waals surface area contributed by atoms with Gasteiger partial charge in [-0.1, -0.05) is 23.7 Å². The first-order valence-corrected chi connectivity index (χ1v) is 7.81. The van der Waals surface area contributed by atoms with Gasteiger partial charge in [0.1, 0.15) is 11.5 Å². The zero-order valence-electron chi connectivity index (χ0n) is 13.8. The van der Waals surface area contributed by atoms with Gasteiger partial charge in [-0.3, -0.25) is 9.59 Å². The van der Waals surface area contributed by atoms with Crippen LogP contribution >= 0.6 is 11.6 Å². The van der Waals surface area contributed by atoms with Crippen molar-refractivity contribution >= 4 is 29.7 Å². The highest BCUT2D eigenvalue weighted by atomic mass is 35.5. The molecule has 0 unspecified atom stereocenters. The Morgan fingerprint density at radius 1 is 1.24 bits per heavy atom. The number of aryl methyl sites for hydroxylation is 1. The first-order chi connectivity index (χ1) is 11.9. The molecule has 0 aliphatic carbocycles. The number of benzene rings is 2. The topological polar surface area (TPSA) is 77.0 Å². The lowest BCUT2D eigenvalue weighted by atomic mass is 10.2. The zero-order valence-corrected chi connectivity index (χ0v) is 14.5. The fourth-order valence-corrected chi connectivity index (χ4v) is 2.18. The van der Waals surface area contributed by atoms with Crippen LogP contribution in [0.25, 0.3) is 0 Å². The second-order valence-electron chi connectivity index (χ2n) is 5.16. The van der Waals surface area contributed by atoms with Crippen molar-refractivity contribution in [2.45, 2.75) is 13.8 Å². The van der Waals surface area contributed by atoms with Crippen LogP contribution in [0.2, 0.25) is 5.02 Å². The largest absolute Gasteiger partial charge is 0.483 e. The minimum absolute atomic E-state index is 0.173. The summed E-state index contributed by atoms with van der Waals surface area (Å²) in [6.07, 6.45) is 1.44. The summed E-state index contributed by atoms with van der Waals surface area (Å²) in [5.41, 5.74) is 3.88. The molecule has 0 saturated carbocycles. The van der Waals surface area contributed by atoms with Crippen LogP contribution in [0.5, 0.6) is 11.5 Å². The Hall–Kier alpha value is -2.86. The van der Waals surface area contributed by atoms with Crippen molar-refractivity contribution in [2.24, 2.45) is 5.10 Å². The minimum atomic E-state index is -0.406. The lowest BCUT2D eigenvalue weighted by Crippen LogP contribution is -2.24. The molecule has 130 valence electrons. The van der Waals surface area contributed by atoms with Crippen molar-refractivity contribution in [2.75, 3.05) is 6.61 Å². The van der Waals surface area contributed by atoms with Crippen LogP contribution in [0.4, 0.5) is 0 Å². The molecule has 2 rings (SSSR count). The number of rotatable bonds is 6. The average Bonchev–Trinajstić information content (AvgIpc) is 2.54. The lowest BCUT2D eigenvalue weighted by molar-refractivity contribution is -0.131. The molecule has 6 nitrogen and oxygen atoms in total. The fraction of sp³-hybridized carbons (Fsp3) is 0.167. The summed E-state index contributed by atoms with van der Waals surface area (Å²) in [7, 11) is 0. The number of ether oxygens (including phenoxy) is 2. The van der Waals surface area contributed by atoms with Crippen molar-refractivity contribution in [1.29, 1.82) is 0 Å². The molecule has 0 fully saturated rings. The van der Waals surface area contributed by atoms with Gasteiger partial charge >= 0.3 is 5.97 Å². The van der Waals surface area contributed by atoms with Crippen LogP contribution in [-0.4, -0.2) is 24.7 Å². The quantitative estimate of drug-likeness (QED) is 0.371. The Morgan fingerprint density at radius 3 is 2.76 bits per heavy atom. The number of halogens is 1. The minimum Gasteiger partial charge on any atom is -0.483 e. The number of nitrogens with one attached hydrogen (secondary N) is 1. The molecule has 1 N–H and O–H groups in total. The molecule has 7 heteroatoms. The Kier molecular flexibility index (Phi) is 6.54. The Balaban J connectivity index is 1.85. The molecule has 2 aromatic carbocycles. The summed E-state index contributed by atoms with van der Waals surface area (Å²) in [5.74, 6) is 0.181. The lowest BCUT2D eigenvalue weighted by Gasteiger charge is -2.08. The second kappa shape index (κ2) is 8.84. The molecule has 1 amide bonds. The number of hydrogen-bond acceptors (Lipinski definition) is 5. The Bertz CT molecular complexity index is 805. The first-order valence-electron chi connectivity index (χ1n) is 7.43. The van der Waals surface area contributed by atoms with E-state index in [1.54, 1.807) is 42.5 Å². The van der Waals surface area contributed by atoms with Gasteiger partial charge in [0.25, 0.3) is 5.91 Å². The van der Waals surface area contributed by atoms with Crippen molar-refractivity contribution < 1.29 is 19.1 Å². The summed E-state index contributed by atoms with van der Waals surface area (Å²) in [5, 5.41) is 4.45. The molecular weight excluding hydrogens is 344 g/mol. The smallest absolute Gasteiger partial charge is 0.308 e. The highest BCUT2D eigenvalue weighted by molar-refractivity contribution is 6.30. The molecule has 0 atom stereocenters. The van der Waals surface area contributed by atoms with Crippen molar-refractivity contribution in [3.8, 4) is 11.5 Å². The van der Waals surface area contributed by atoms with E-state index in [0.29, 0.717) is 22.1 Å². The number of carbonyl (C=O) groups is 2. The normalized spacial score (nSPS) is 10.5. The summed E-state index contributed by atoms with van der Waals surface area (Å²) < 4.78 is 10.4. The SMILES string of the molecule is CC(=O)Oc1cccc(C=NNC(=O)COc2ccc(Cl)cc2C)c1. The molecule has 0 bridgehead atoms. The Morgan fingerprint density at radius 2 is 2.04 bits per heavy atom. The van der Waals surface area contributed by atoms with E-state index in [1.807, 2.05) is 6.92 Å². The van der Waals surface area contributed by atoms with Gasteiger partial charge in [0.2, 0.25) is 0 Å². The second-order valence-corrected chi connectivity index (χ2v) is 5.59. The van der Waals surface area contributed by atoms with Crippen LogP contribution in [-0.2, 0) is 9.59 Å². The highest BCUT2D eigenvalue weighted by Gasteiger charge is 2.04. The van der Waals surface area contributed by atoms with E-state index in [4.69, 9.17) is 21.1 Å². The molecule has 0 heterocycles. The van der Waals surface area contributed by atoms with Crippen LogP contribution in [0.3, 0.4) is 0 Å². The highest BCUT2D eigenvalue weighted by Crippen LogP contribution is 2.21. The molecule has 25 heavy (non-hydrogen) atoms. The molecule has 0 radical (unpaired) electrons. The number of carbonyl (C=O) groups excluding carboxylic acids is 2. The molecule has 0 saturated heterocycles. The summed E-state index contributed by atoms with van der Waals surface area (Å²) in [4.78, 5) is 22.7. The third-order valence-electron chi connectivity index (χ3n) is 3.02. The summed E-state index contributed by atoms with van der Waals surface area (Å²) >= 11 is 5.86. The van der Waals surface area contributed by atoms with Gasteiger partial charge in [-0.25, -0.2) is 5.43 Å². The van der Waals surface area contributed by atoms with Gasteiger partial charge in [-0.05, 0) is 48.4 Å². The van der Waals surface area contributed by atoms with Crippen molar-refractivity contribution in [3.05, 3.63) is 58.6 Å². The van der Waals surface area contributed by atoms with Crippen LogP contribution in [0, 0.1) is 6.92 Å². The number of hydrogen-bond donors (Lipinski definition) is 1. The van der Waals surface area contributed by atoms with E-state index in [0.717, 1.165) is 5.56 Å². The predicted molar refractivity (Wildman–Crippen MR) is 95.2 cm³/mol. The van der Waals surface area contributed by atoms with Crippen LogP contribution < -0.4 is 14.9 Å². The third-order valence-corrected chi connectivity index (χ3v) is 3.25. The van der Waals surface area contributed by atoms with E-state index in [2.05, 4.69) is 10.5 Å². The molecule has 0 spiro atoms. The maximum atomic E-state index is 11.8. The number of esters is 1. The van der Waals surface area contributed by atoms with Gasteiger partial charge in [0, 0.05) is 11.9 Å². The zero-order chi connectivity index (χ0) is 18.2. The molecule has 2 aromatic rings. The molecular formula is C18H17ClN2O4. The van der Waals surface area contributed by atoms with Gasteiger partial charge in [-0.15, -0.1) is 0 Å². The van der Waals surface area contributed by atoms with E-state index in [-0.39, 0.29) is 6.61 Å². The van der Waals surface area contributed by atoms with Crippen molar-refractivity contribution in [3.63, 3.8) is 0 Å². The third kappa shape index (κ3) is 6.27. The maximum Gasteiger partial charge on any atom is 0.308 e. The maximum absolute atomic E-state index is 11.8. The monoisotopic (exact) mass is 360 g/mol. The molecule has 0 aliphatic heterocycles. The first kappa shape index (κ1) is 18.5. The number of nitrogens with zero attached hydrogens (tertiary/aromatic N) is 1. The number of hydrazone groups is 1. The summed E-state index contributed by atoms with van der Waals surface area (Å²) in [6.45, 7) is 2.99. The van der Waals surface area contributed by atoms with Gasteiger partial charge < -0.3 is 9.47 Å². The average molecular weight is 361 g/mol. The van der Waals surface area contributed by atoms with Gasteiger partial charge in [0.15, 0.2) is 6.61 Å². The van der Waals surface area contributed by atoms with Gasteiger partial charge in [0.05, 0.1) is 6.21 Å². The molecule has 0 aliphatic rings.